The number of carboxylic acids is 2. The lowest BCUT2D eigenvalue weighted by Gasteiger charge is -2.29. The van der Waals surface area contributed by atoms with E-state index in [0.717, 1.165) is 24.0 Å². The van der Waals surface area contributed by atoms with Crippen molar-refractivity contribution in [3.8, 4) is 0 Å². The normalized spacial score (nSPS) is 25.6. The van der Waals surface area contributed by atoms with E-state index in [9.17, 15) is 9.59 Å². The van der Waals surface area contributed by atoms with Crippen molar-refractivity contribution in [2.45, 2.75) is 39.5 Å². The Morgan fingerprint density at radius 1 is 1.00 bits per heavy atom. The van der Waals surface area contributed by atoms with Crippen molar-refractivity contribution in [3.63, 3.8) is 0 Å². The van der Waals surface area contributed by atoms with Gasteiger partial charge in [-0.3, -0.25) is 9.59 Å². The van der Waals surface area contributed by atoms with Crippen LogP contribution in [0.5, 0.6) is 0 Å². The van der Waals surface area contributed by atoms with E-state index in [2.05, 4.69) is 0 Å². The lowest BCUT2D eigenvalue weighted by molar-refractivity contribution is -0.154. The highest BCUT2D eigenvalue weighted by Gasteiger charge is 2.38. The number of allylic oxidation sites excluding steroid dienone is 2. The molecule has 90 valence electrons. The minimum Gasteiger partial charge on any atom is -0.481 e. The summed E-state index contributed by atoms with van der Waals surface area (Å²) < 4.78 is 0. The van der Waals surface area contributed by atoms with Gasteiger partial charge in [0.2, 0.25) is 0 Å². The number of carboxylic acid groups (broad SMARTS) is 2. The minimum absolute atomic E-state index is 0.395. The molecule has 1 aliphatic rings. The largest absolute Gasteiger partial charge is 0.481 e. The summed E-state index contributed by atoms with van der Waals surface area (Å²) in [5, 5.41) is 18.1. The van der Waals surface area contributed by atoms with Gasteiger partial charge in [0.05, 0.1) is 11.8 Å². The lowest BCUT2D eigenvalue weighted by Crippen LogP contribution is -2.33. The average Bonchev–Trinajstić information content (AvgIpc) is 2.26. The molecular weight excluding hydrogens is 208 g/mol. The molecule has 0 fully saturated rings. The van der Waals surface area contributed by atoms with Gasteiger partial charge in [0.15, 0.2) is 0 Å². The SMILES string of the molecule is CCC1=C(CC)C[C@@H](C(=O)O)[C@H](C(=O)O)C1. The molecule has 0 aromatic carbocycles. The van der Waals surface area contributed by atoms with Crippen LogP contribution in [0.15, 0.2) is 11.1 Å². The summed E-state index contributed by atoms with van der Waals surface area (Å²) >= 11 is 0. The number of carbonyl (C=O) groups is 2. The molecule has 2 atom stereocenters. The molecule has 0 aliphatic heterocycles. The monoisotopic (exact) mass is 226 g/mol. The van der Waals surface area contributed by atoms with E-state index in [0.29, 0.717) is 12.8 Å². The molecule has 0 saturated carbocycles. The van der Waals surface area contributed by atoms with Crippen LogP contribution in [0.3, 0.4) is 0 Å². The van der Waals surface area contributed by atoms with E-state index in [-0.39, 0.29) is 0 Å². The molecule has 0 radical (unpaired) electrons. The third-order valence-electron chi connectivity index (χ3n) is 3.41. The molecule has 0 spiro atoms. The molecule has 0 saturated heterocycles. The number of aliphatic carboxylic acids is 2. The Labute approximate surface area is 95.0 Å². The average molecular weight is 226 g/mol. The fourth-order valence-electron chi connectivity index (χ4n) is 2.41. The summed E-state index contributed by atoms with van der Waals surface area (Å²) in [5.41, 5.74) is 2.26. The summed E-state index contributed by atoms with van der Waals surface area (Å²) in [4.78, 5) is 22.1. The maximum absolute atomic E-state index is 11.0. The van der Waals surface area contributed by atoms with Gasteiger partial charge in [-0.05, 0) is 25.7 Å². The smallest absolute Gasteiger partial charge is 0.307 e. The first kappa shape index (κ1) is 12.7. The van der Waals surface area contributed by atoms with Crippen molar-refractivity contribution in [1.29, 1.82) is 0 Å². The van der Waals surface area contributed by atoms with E-state index in [1.54, 1.807) is 0 Å². The van der Waals surface area contributed by atoms with Crippen LogP contribution in [0.4, 0.5) is 0 Å². The fourth-order valence-corrected chi connectivity index (χ4v) is 2.41. The molecule has 0 amide bonds. The van der Waals surface area contributed by atoms with Crippen LogP contribution in [-0.4, -0.2) is 22.2 Å². The zero-order chi connectivity index (χ0) is 12.3. The maximum atomic E-state index is 11.0. The zero-order valence-electron chi connectivity index (χ0n) is 9.69. The first-order valence-corrected chi connectivity index (χ1v) is 5.66. The van der Waals surface area contributed by atoms with Gasteiger partial charge in [0, 0.05) is 0 Å². The molecule has 0 aromatic rings. The van der Waals surface area contributed by atoms with Crippen LogP contribution in [0.25, 0.3) is 0 Å². The molecule has 1 rings (SSSR count). The molecule has 1 aliphatic carbocycles. The molecule has 0 aromatic heterocycles. The Morgan fingerprint density at radius 2 is 1.31 bits per heavy atom. The molecule has 16 heavy (non-hydrogen) atoms. The van der Waals surface area contributed by atoms with Crippen LogP contribution in [0, 0.1) is 11.8 Å². The maximum Gasteiger partial charge on any atom is 0.307 e. The van der Waals surface area contributed by atoms with Gasteiger partial charge in [-0.2, -0.15) is 0 Å². The fraction of sp³-hybridized carbons (Fsp3) is 0.667. The zero-order valence-corrected chi connectivity index (χ0v) is 9.69. The summed E-state index contributed by atoms with van der Waals surface area (Å²) in [6, 6.07) is 0. The minimum atomic E-state index is -0.992. The second kappa shape index (κ2) is 5.14. The molecule has 2 N–H and O–H groups in total. The summed E-state index contributed by atoms with van der Waals surface area (Å²) in [6.45, 7) is 3.98. The second-order valence-electron chi connectivity index (χ2n) is 4.21. The Morgan fingerprint density at radius 3 is 1.50 bits per heavy atom. The predicted octanol–water partition coefficient (Wildman–Crippen LogP) is 2.30. The van der Waals surface area contributed by atoms with Gasteiger partial charge < -0.3 is 10.2 Å². The highest BCUT2D eigenvalue weighted by molar-refractivity contribution is 5.81. The predicted molar refractivity (Wildman–Crippen MR) is 59.1 cm³/mol. The molecule has 4 heteroatoms. The van der Waals surface area contributed by atoms with Crippen LogP contribution in [-0.2, 0) is 9.59 Å². The number of hydrogen-bond acceptors (Lipinski definition) is 2. The van der Waals surface area contributed by atoms with E-state index < -0.39 is 23.8 Å². The molecule has 4 nitrogen and oxygen atoms in total. The number of rotatable bonds is 4. The van der Waals surface area contributed by atoms with Gasteiger partial charge in [0.1, 0.15) is 0 Å². The molecule has 0 bridgehead atoms. The van der Waals surface area contributed by atoms with Gasteiger partial charge in [-0.15, -0.1) is 0 Å². The van der Waals surface area contributed by atoms with E-state index in [4.69, 9.17) is 10.2 Å². The van der Waals surface area contributed by atoms with Crippen LogP contribution in [0.2, 0.25) is 0 Å². The van der Waals surface area contributed by atoms with Crippen LogP contribution < -0.4 is 0 Å². The van der Waals surface area contributed by atoms with Gasteiger partial charge in [-0.1, -0.05) is 25.0 Å². The summed E-state index contributed by atoms with van der Waals surface area (Å²) in [7, 11) is 0. The standard InChI is InChI=1S/C12H18O4/c1-3-7-5-9(11(13)14)10(12(15)16)6-8(7)4-2/h9-10H,3-6H2,1-2H3,(H,13,14)(H,15,16)/t9-,10-/m1/s1. The van der Waals surface area contributed by atoms with Gasteiger partial charge >= 0.3 is 11.9 Å². The van der Waals surface area contributed by atoms with Crippen molar-refractivity contribution in [3.05, 3.63) is 11.1 Å². The first-order chi connectivity index (χ1) is 7.51. The third kappa shape index (κ3) is 2.43. The van der Waals surface area contributed by atoms with E-state index >= 15 is 0 Å². The van der Waals surface area contributed by atoms with Gasteiger partial charge in [-0.25, -0.2) is 0 Å². The van der Waals surface area contributed by atoms with Crippen molar-refractivity contribution in [2.75, 3.05) is 0 Å². The Kier molecular flexibility index (Phi) is 4.10. The summed E-state index contributed by atoms with van der Waals surface area (Å²) in [5.74, 6) is -3.51. The van der Waals surface area contributed by atoms with Crippen molar-refractivity contribution < 1.29 is 19.8 Å². The van der Waals surface area contributed by atoms with E-state index in [1.165, 1.54) is 0 Å². The van der Waals surface area contributed by atoms with Crippen molar-refractivity contribution in [2.24, 2.45) is 11.8 Å². The highest BCUT2D eigenvalue weighted by Crippen LogP contribution is 2.37. The lowest BCUT2D eigenvalue weighted by atomic mass is 9.74. The number of hydrogen-bond donors (Lipinski definition) is 2. The Balaban J connectivity index is 3.01. The first-order valence-electron chi connectivity index (χ1n) is 5.66. The molecule has 0 unspecified atom stereocenters. The third-order valence-corrected chi connectivity index (χ3v) is 3.41. The van der Waals surface area contributed by atoms with Crippen LogP contribution in [0.1, 0.15) is 39.5 Å². The van der Waals surface area contributed by atoms with E-state index in [1.807, 2.05) is 13.8 Å². The highest BCUT2D eigenvalue weighted by atomic mass is 16.4. The second-order valence-corrected chi connectivity index (χ2v) is 4.21. The Bertz CT molecular complexity index is 298. The Hall–Kier alpha value is -1.32. The van der Waals surface area contributed by atoms with Crippen molar-refractivity contribution in [1.82, 2.24) is 0 Å². The van der Waals surface area contributed by atoms with Gasteiger partial charge in [0.25, 0.3) is 0 Å². The topological polar surface area (TPSA) is 74.6 Å². The molecular formula is C12H18O4. The van der Waals surface area contributed by atoms with Crippen molar-refractivity contribution >= 4 is 11.9 Å². The quantitative estimate of drug-likeness (QED) is 0.721. The molecule has 0 heterocycles. The van der Waals surface area contributed by atoms with Crippen LogP contribution >= 0.6 is 0 Å². The summed E-state index contributed by atoms with van der Waals surface area (Å²) in [6.07, 6.45) is 2.43.